The van der Waals surface area contributed by atoms with Gasteiger partial charge in [0.15, 0.2) is 0 Å². The molecule has 1 aliphatic heterocycles. The Morgan fingerprint density at radius 2 is 2.12 bits per heavy atom. The minimum Gasteiger partial charge on any atom is -0.393 e. The molecule has 0 aromatic heterocycles. The largest absolute Gasteiger partial charge is 0.393 e. The summed E-state index contributed by atoms with van der Waals surface area (Å²) in [6.45, 7) is 3.86. The fourth-order valence-electron chi connectivity index (χ4n) is 2.16. The second kappa shape index (κ2) is 3.73. The Kier molecular flexibility index (Phi) is 2.49. The Bertz CT molecular complexity index is 511. The van der Waals surface area contributed by atoms with E-state index < -0.39 is 4.92 Å². The standard InChI is InChI=1S/C11H13N3O3/c1-5(2)10-6-3-7(12)9(14(16)17)4-8(6)13-11(10)15/h3-5,10H,12H2,1-2H3,(H,13,15). The molecule has 0 aliphatic carbocycles. The lowest BCUT2D eigenvalue weighted by atomic mass is 9.89. The molecular formula is C11H13N3O3. The Labute approximate surface area is 98.0 Å². The zero-order chi connectivity index (χ0) is 12.7. The van der Waals surface area contributed by atoms with E-state index in [1.54, 1.807) is 0 Å². The summed E-state index contributed by atoms with van der Waals surface area (Å²) in [7, 11) is 0. The highest BCUT2D eigenvalue weighted by Crippen LogP contribution is 2.41. The van der Waals surface area contributed by atoms with Crippen molar-refractivity contribution in [1.82, 2.24) is 0 Å². The third kappa shape index (κ3) is 1.71. The van der Waals surface area contributed by atoms with Gasteiger partial charge in [0.05, 0.1) is 16.5 Å². The summed E-state index contributed by atoms with van der Waals surface area (Å²) >= 11 is 0. The lowest BCUT2D eigenvalue weighted by molar-refractivity contribution is -0.383. The molecule has 0 bridgehead atoms. The van der Waals surface area contributed by atoms with Crippen LogP contribution in [-0.2, 0) is 4.79 Å². The summed E-state index contributed by atoms with van der Waals surface area (Å²) < 4.78 is 0. The number of rotatable bonds is 2. The van der Waals surface area contributed by atoms with Gasteiger partial charge in [-0.1, -0.05) is 13.8 Å². The maximum atomic E-state index is 11.7. The highest BCUT2D eigenvalue weighted by molar-refractivity contribution is 6.04. The molecule has 0 spiro atoms. The van der Waals surface area contributed by atoms with E-state index in [9.17, 15) is 14.9 Å². The molecule has 90 valence electrons. The van der Waals surface area contributed by atoms with Crippen molar-refractivity contribution in [3.8, 4) is 0 Å². The molecule has 1 atom stereocenters. The fourth-order valence-corrected chi connectivity index (χ4v) is 2.16. The van der Waals surface area contributed by atoms with E-state index >= 15 is 0 Å². The second-order valence-corrected chi connectivity index (χ2v) is 4.47. The SMILES string of the molecule is CC(C)C1C(=O)Nc2cc([N+](=O)[O-])c(N)cc21. The number of nitrogens with two attached hydrogens (primary N) is 1. The topological polar surface area (TPSA) is 98.3 Å². The highest BCUT2D eigenvalue weighted by atomic mass is 16.6. The van der Waals surface area contributed by atoms with E-state index in [0.717, 1.165) is 5.56 Å². The molecule has 1 heterocycles. The van der Waals surface area contributed by atoms with Crippen LogP contribution >= 0.6 is 0 Å². The number of nitro benzene ring substituents is 1. The lowest BCUT2D eigenvalue weighted by Gasteiger charge is -2.12. The van der Waals surface area contributed by atoms with E-state index in [1.807, 2.05) is 13.8 Å². The molecular weight excluding hydrogens is 222 g/mol. The molecule has 1 aliphatic rings. The van der Waals surface area contributed by atoms with Crippen LogP contribution in [0.4, 0.5) is 17.1 Å². The zero-order valence-corrected chi connectivity index (χ0v) is 9.56. The van der Waals surface area contributed by atoms with Crippen molar-refractivity contribution < 1.29 is 9.72 Å². The first kappa shape index (κ1) is 11.4. The number of fused-ring (bicyclic) bond motifs is 1. The number of benzene rings is 1. The van der Waals surface area contributed by atoms with Crippen LogP contribution in [0.3, 0.4) is 0 Å². The van der Waals surface area contributed by atoms with Crippen molar-refractivity contribution in [2.75, 3.05) is 11.1 Å². The summed E-state index contributed by atoms with van der Waals surface area (Å²) in [5, 5.41) is 13.4. The number of anilines is 2. The van der Waals surface area contributed by atoms with Gasteiger partial charge in [-0.25, -0.2) is 0 Å². The van der Waals surface area contributed by atoms with Gasteiger partial charge in [0.1, 0.15) is 5.69 Å². The molecule has 6 heteroatoms. The van der Waals surface area contributed by atoms with Crippen LogP contribution in [0, 0.1) is 16.0 Å². The van der Waals surface area contributed by atoms with Gasteiger partial charge in [0.2, 0.25) is 5.91 Å². The number of carbonyl (C=O) groups is 1. The number of hydrogen-bond acceptors (Lipinski definition) is 4. The third-order valence-corrected chi connectivity index (χ3v) is 2.94. The van der Waals surface area contributed by atoms with Crippen molar-refractivity contribution in [1.29, 1.82) is 0 Å². The normalized spacial score (nSPS) is 18.1. The smallest absolute Gasteiger partial charge is 0.294 e. The summed E-state index contributed by atoms with van der Waals surface area (Å²) in [6.07, 6.45) is 0. The quantitative estimate of drug-likeness (QED) is 0.464. The Morgan fingerprint density at radius 3 is 2.65 bits per heavy atom. The van der Waals surface area contributed by atoms with Crippen LogP contribution in [0.5, 0.6) is 0 Å². The van der Waals surface area contributed by atoms with Gasteiger partial charge in [0, 0.05) is 6.07 Å². The van der Waals surface area contributed by atoms with Gasteiger partial charge in [-0.2, -0.15) is 0 Å². The number of nitrogen functional groups attached to an aromatic ring is 1. The first-order valence-electron chi connectivity index (χ1n) is 5.30. The molecule has 1 aromatic rings. The van der Waals surface area contributed by atoms with Crippen LogP contribution in [-0.4, -0.2) is 10.8 Å². The van der Waals surface area contributed by atoms with Crippen molar-refractivity contribution in [2.45, 2.75) is 19.8 Å². The average Bonchev–Trinajstić information content (AvgIpc) is 2.51. The predicted octanol–water partition coefficient (Wildman–Crippen LogP) is 1.87. The van der Waals surface area contributed by atoms with Gasteiger partial charge in [-0.15, -0.1) is 0 Å². The van der Waals surface area contributed by atoms with Crippen molar-refractivity contribution >= 4 is 23.0 Å². The first-order valence-corrected chi connectivity index (χ1v) is 5.30. The molecule has 1 amide bonds. The number of amides is 1. The van der Waals surface area contributed by atoms with Crippen molar-refractivity contribution in [3.63, 3.8) is 0 Å². The van der Waals surface area contributed by atoms with Crippen molar-refractivity contribution in [3.05, 3.63) is 27.8 Å². The highest BCUT2D eigenvalue weighted by Gasteiger charge is 2.34. The first-order chi connectivity index (χ1) is 7.91. The average molecular weight is 235 g/mol. The van der Waals surface area contributed by atoms with Gasteiger partial charge in [-0.05, 0) is 17.5 Å². The summed E-state index contributed by atoms with van der Waals surface area (Å²) in [5.41, 5.74) is 6.78. The number of nitrogens with one attached hydrogen (secondary N) is 1. The maximum absolute atomic E-state index is 11.7. The van der Waals surface area contributed by atoms with E-state index in [4.69, 9.17) is 5.73 Å². The van der Waals surface area contributed by atoms with Crippen LogP contribution < -0.4 is 11.1 Å². The molecule has 0 fully saturated rings. The van der Waals surface area contributed by atoms with E-state index in [2.05, 4.69) is 5.32 Å². The zero-order valence-electron chi connectivity index (χ0n) is 9.56. The molecule has 17 heavy (non-hydrogen) atoms. The van der Waals surface area contributed by atoms with Crippen LogP contribution in [0.1, 0.15) is 25.3 Å². The Morgan fingerprint density at radius 1 is 1.47 bits per heavy atom. The molecule has 2 rings (SSSR count). The number of carbonyl (C=O) groups excluding carboxylic acids is 1. The molecule has 0 saturated carbocycles. The van der Waals surface area contributed by atoms with Crippen LogP contribution in [0.2, 0.25) is 0 Å². The molecule has 0 radical (unpaired) electrons. The summed E-state index contributed by atoms with van der Waals surface area (Å²) in [4.78, 5) is 21.9. The van der Waals surface area contributed by atoms with Gasteiger partial charge in [0.25, 0.3) is 5.69 Å². The summed E-state index contributed by atoms with van der Waals surface area (Å²) in [6, 6.07) is 2.85. The minimum atomic E-state index is -0.551. The molecule has 0 saturated heterocycles. The molecule has 3 N–H and O–H groups in total. The van der Waals surface area contributed by atoms with Crippen LogP contribution in [0.15, 0.2) is 12.1 Å². The third-order valence-electron chi connectivity index (χ3n) is 2.94. The molecule has 1 unspecified atom stereocenters. The van der Waals surface area contributed by atoms with Gasteiger partial charge in [-0.3, -0.25) is 14.9 Å². The number of nitro groups is 1. The summed E-state index contributed by atoms with van der Waals surface area (Å²) in [5.74, 6) is -0.292. The van der Waals surface area contributed by atoms with E-state index in [-0.39, 0.29) is 29.1 Å². The number of nitrogens with zero attached hydrogens (tertiary/aromatic N) is 1. The van der Waals surface area contributed by atoms with Gasteiger partial charge >= 0.3 is 0 Å². The predicted molar refractivity (Wildman–Crippen MR) is 63.7 cm³/mol. The number of hydrogen-bond donors (Lipinski definition) is 2. The van der Waals surface area contributed by atoms with Gasteiger partial charge < -0.3 is 11.1 Å². The minimum absolute atomic E-state index is 0.0934. The van der Waals surface area contributed by atoms with Crippen molar-refractivity contribution in [2.24, 2.45) is 5.92 Å². The van der Waals surface area contributed by atoms with E-state index in [0.29, 0.717) is 5.69 Å². The van der Waals surface area contributed by atoms with Crippen LogP contribution in [0.25, 0.3) is 0 Å². The lowest BCUT2D eigenvalue weighted by Crippen LogP contribution is -2.16. The monoisotopic (exact) mass is 235 g/mol. The Hall–Kier alpha value is -2.11. The fraction of sp³-hybridized carbons (Fsp3) is 0.364. The molecule has 6 nitrogen and oxygen atoms in total. The molecule has 1 aromatic carbocycles. The second-order valence-electron chi connectivity index (χ2n) is 4.47. The van der Waals surface area contributed by atoms with E-state index in [1.165, 1.54) is 12.1 Å². The maximum Gasteiger partial charge on any atom is 0.294 e. The Balaban J connectivity index is 2.56.